The molecule has 0 aromatic carbocycles. The van der Waals surface area contributed by atoms with Gasteiger partial charge in [0.25, 0.3) is 0 Å². The molecule has 1 N–H and O–H groups in total. The Kier molecular flexibility index (Phi) is 3.97. The van der Waals surface area contributed by atoms with Gasteiger partial charge in [-0.15, -0.1) is 0 Å². The molecule has 5 nitrogen and oxygen atoms in total. The Morgan fingerprint density at radius 1 is 1.36 bits per heavy atom. The molecule has 2 heterocycles. The highest BCUT2D eigenvalue weighted by Gasteiger charge is 2.51. The number of halogens is 1. The van der Waals surface area contributed by atoms with Crippen molar-refractivity contribution in [2.24, 2.45) is 11.8 Å². The second-order valence-corrected chi connectivity index (χ2v) is 7.35. The lowest BCUT2D eigenvalue weighted by Crippen LogP contribution is -2.51. The minimum Gasteiger partial charge on any atom is -0.481 e. The van der Waals surface area contributed by atoms with E-state index in [9.17, 15) is 14.7 Å². The molecule has 2 aliphatic rings. The lowest BCUT2D eigenvalue weighted by molar-refractivity contribution is -0.143. The van der Waals surface area contributed by atoms with Gasteiger partial charge in [0.15, 0.2) is 0 Å². The monoisotopic (exact) mass is 366 g/mol. The molecule has 1 amide bonds. The van der Waals surface area contributed by atoms with Crippen molar-refractivity contribution in [1.82, 2.24) is 9.88 Å². The number of carboxylic acids is 1. The third-order valence-corrected chi connectivity index (χ3v) is 5.52. The minimum absolute atomic E-state index is 0.00328. The van der Waals surface area contributed by atoms with E-state index in [0.717, 1.165) is 29.4 Å². The van der Waals surface area contributed by atoms with Crippen LogP contribution in [0.25, 0.3) is 0 Å². The summed E-state index contributed by atoms with van der Waals surface area (Å²) in [4.78, 5) is 30.5. The maximum absolute atomic E-state index is 13.0. The van der Waals surface area contributed by atoms with Crippen molar-refractivity contribution in [1.29, 1.82) is 0 Å². The van der Waals surface area contributed by atoms with Crippen LogP contribution in [0.5, 0.6) is 0 Å². The second kappa shape index (κ2) is 5.65. The average Bonchev–Trinajstić information content (AvgIpc) is 2.82. The number of amides is 1. The lowest BCUT2D eigenvalue weighted by atomic mass is 9.65. The molecule has 0 bridgehead atoms. The van der Waals surface area contributed by atoms with E-state index in [1.54, 1.807) is 11.1 Å². The molecule has 22 heavy (non-hydrogen) atoms. The molecule has 1 aromatic heterocycles. The van der Waals surface area contributed by atoms with E-state index in [0.29, 0.717) is 13.1 Å². The van der Waals surface area contributed by atoms with Crippen molar-refractivity contribution < 1.29 is 14.7 Å². The number of carbonyl (C=O) groups excluding carboxylic acids is 1. The highest BCUT2D eigenvalue weighted by Crippen LogP contribution is 2.45. The molecule has 2 fully saturated rings. The Balaban J connectivity index is 1.84. The van der Waals surface area contributed by atoms with Crippen LogP contribution in [0.3, 0.4) is 0 Å². The molecular formula is C16H19BrN2O3. The topological polar surface area (TPSA) is 70.5 Å². The number of rotatable bonds is 3. The fourth-order valence-electron chi connectivity index (χ4n) is 3.53. The van der Waals surface area contributed by atoms with Gasteiger partial charge in [0.05, 0.1) is 17.0 Å². The van der Waals surface area contributed by atoms with Crippen LogP contribution in [-0.4, -0.2) is 40.0 Å². The van der Waals surface area contributed by atoms with Gasteiger partial charge in [-0.3, -0.25) is 14.6 Å². The van der Waals surface area contributed by atoms with Crippen LogP contribution in [-0.2, 0) is 15.0 Å². The summed E-state index contributed by atoms with van der Waals surface area (Å²) in [5.74, 6) is -1.23. The number of nitrogens with zero attached hydrogens (tertiary/aromatic N) is 2. The van der Waals surface area contributed by atoms with Gasteiger partial charge >= 0.3 is 5.97 Å². The molecule has 1 aliphatic heterocycles. The second-order valence-electron chi connectivity index (χ2n) is 6.43. The lowest BCUT2D eigenvalue weighted by Gasteiger charge is -2.42. The van der Waals surface area contributed by atoms with Crippen LogP contribution in [0, 0.1) is 11.8 Å². The summed E-state index contributed by atoms with van der Waals surface area (Å²) >= 11 is 3.36. The van der Waals surface area contributed by atoms with Crippen molar-refractivity contribution in [2.45, 2.75) is 31.6 Å². The van der Waals surface area contributed by atoms with Crippen molar-refractivity contribution in [2.75, 3.05) is 13.1 Å². The first-order valence-corrected chi connectivity index (χ1v) is 8.37. The van der Waals surface area contributed by atoms with Crippen LogP contribution in [0.1, 0.15) is 31.9 Å². The van der Waals surface area contributed by atoms with E-state index in [2.05, 4.69) is 20.9 Å². The summed E-state index contributed by atoms with van der Waals surface area (Å²) in [5.41, 5.74) is 0.256. The van der Waals surface area contributed by atoms with Crippen LogP contribution in [0.4, 0.5) is 0 Å². The van der Waals surface area contributed by atoms with Gasteiger partial charge in [-0.25, -0.2) is 0 Å². The largest absolute Gasteiger partial charge is 0.481 e. The molecule has 0 spiro atoms. The molecule has 1 saturated carbocycles. The molecule has 2 atom stereocenters. The van der Waals surface area contributed by atoms with E-state index in [-0.39, 0.29) is 11.8 Å². The summed E-state index contributed by atoms with van der Waals surface area (Å²) < 4.78 is 0.888. The summed E-state index contributed by atoms with van der Waals surface area (Å²) in [6.07, 6.45) is 4.32. The number of hydrogen-bond acceptors (Lipinski definition) is 3. The highest BCUT2D eigenvalue weighted by molar-refractivity contribution is 9.10. The number of aromatic nitrogens is 1. The summed E-state index contributed by atoms with van der Waals surface area (Å²) in [6.45, 7) is 2.74. The Bertz CT molecular complexity index is 598. The Labute approximate surface area is 137 Å². The van der Waals surface area contributed by atoms with Gasteiger partial charge in [0.2, 0.25) is 5.91 Å². The molecule has 3 rings (SSSR count). The molecule has 0 radical (unpaired) electrons. The van der Waals surface area contributed by atoms with Crippen molar-refractivity contribution >= 4 is 27.8 Å². The predicted molar refractivity (Wildman–Crippen MR) is 84.3 cm³/mol. The van der Waals surface area contributed by atoms with Crippen molar-refractivity contribution in [3.05, 3.63) is 28.5 Å². The first kappa shape index (κ1) is 15.5. The number of carboxylic acid groups (broad SMARTS) is 1. The Hall–Kier alpha value is -1.43. The van der Waals surface area contributed by atoms with Crippen molar-refractivity contribution in [3.8, 4) is 0 Å². The zero-order valence-electron chi connectivity index (χ0n) is 12.5. The number of carbonyl (C=O) groups is 2. The maximum atomic E-state index is 13.0. The van der Waals surface area contributed by atoms with E-state index >= 15 is 0 Å². The predicted octanol–water partition coefficient (Wildman–Crippen LogP) is 2.44. The van der Waals surface area contributed by atoms with Gasteiger partial charge in [0.1, 0.15) is 0 Å². The van der Waals surface area contributed by atoms with Crippen LogP contribution >= 0.6 is 15.9 Å². The van der Waals surface area contributed by atoms with Crippen LogP contribution < -0.4 is 0 Å². The summed E-state index contributed by atoms with van der Waals surface area (Å²) in [5, 5.41) is 9.25. The van der Waals surface area contributed by atoms with Crippen LogP contribution in [0.15, 0.2) is 22.8 Å². The molecule has 118 valence electrons. The van der Waals surface area contributed by atoms with E-state index in [1.165, 1.54) is 0 Å². The highest BCUT2D eigenvalue weighted by atomic mass is 79.9. The fourth-order valence-corrected chi connectivity index (χ4v) is 3.76. The summed E-state index contributed by atoms with van der Waals surface area (Å²) in [7, 11) is 0. The molecule has 1 aromatic rings. The number of hydrogen-bond donors (Lipinski definition) is 1. The van der Waals surface area contributed by atoms with E-state index < -0.39 is 17.3 Å². The van der Waals surface area contributed by atoms with Crippen LogP contribution in [0.2, 0.25) is 0 Å². The minimum atomic E-state index is -0.813. The van der Waals surface area contributed by atoms with Gasteiger partial charge in [-0.05, 0) is 46.8 Å². The van der Waals surface area contributed by atoms with Gasteiger partial charge in [-0.1, -0.05) is 13.3 Å². The molecule has 6 heteroatoms. The van der Waals surface area contributed by atoms with Crippen molar-refractivity contribution in [3.63, 3.8) is 0 Å². The molecular weight excluding hydrogens is 348 g/mol. The molecule has 0 unspecified atom stereocenters. The first-order valence-electron chi connectivity index (χ1n) is 7.58. The first-order chi connectivity index (χ1) is 10.4. The zero-order chi connectivity index (χ0) is 15.9. The van der Waals surface area contributed by atoms with E-state index in [4.69, 9.17) is 0 Å². The Morgan fingerprint density at radius 2 is 2.09 bits per heavy atom. The van der Waals surface area contributed by atoms with Gasteiger partial charge < -0.3 is 10.0 Å². The number of aliphatic carboxylic acids is 1. The molecule has 1 aliphatic carbocycles. The van der Waals surface area contributed by atoms with Gasteiger partial charge in [0, 0.05) is 23.8 Å². The maximum Gasteiger partial charge on any atom is 0.308 e. The standard InChI is InChI=1S/C16H19BrN2O3/c1-10-8-19(9-12(10)14(20)21)15(22)16(5-2-6-16)13-4-3-11(17)7-18-13/h3-4,7,10,12H,2,5-6,8-9H2,1H3,(H,20,21)/t10-,12-/m1/s1. The Morgan fingerprint density at radius 3 is 2.55 bits per heavy atom. The number of pyridine rings is 1. The number of likely N-dealkylation sites (tertiary alicyclic amines) is 1. The third-order valence-electron chi connectivity index (χ3n) is 5.05. The van der Waals surface area contributed by atoms with Gasteiger partial charge in [-0.2, -0.15) is 0 Å². The zero-order valence-corrected chi connectivity index (χ0v) is 14.0. The molecule has 1 saturated heterocycles. The summed E-state index contributed by atoms with van der Waals surface area (Å²) in [6, 6.07) is 3.80. The average molecular weight is 367 g/mol. The normalized spacial score (nSPS) is 26.5. The smallest absolute Gasteiger partial charge is 0.308 e. The van der Waals surface area contributed by atoms with E-state index in [1.807, 2.05) is 19.1 Å². The third kappa shape index (κ3) is 2.43. The fraction of sp³-hybridized carbons (Fsp3) is 0.562. The SMILES string of the molecule is C[C@@H]1CN(C(=O)C2(c3ccc(Br)cn3)CCC2)C[C@H]1C(=O)O. The quantitative estimate of drug-likeness (QED) is 0.891.